The second-order valence-corrected chi connectivity index (χ2v) is 5.58. The van der Waals surface area contributed by atoms with Gasteiger partial charge in [-0.15, -0.1) is 0 Å². The zero-order valence-electron chi connectivity index (χ0n) is 12.6. The Bertz CT molecular complexity index is 592. The van der Waals surface area contributed by atoms with Crippen LogP contribution in [0.25, 0.3) is 0 Å². The third-order valence-corrected chi connectivity index (χ3v) is 4.18. The predicted octanol–water partition coefficient (Wildman–Crippen LogP) is 3.04. The SMILES string of the molecule is CCN(Cc1ccco1)c1nc2c(cc1CN)CCCC2. The van der Waals surface area contributed by atoms with Crippen LogP contribution < -0.4 is 10.6 Å². The first-order valence-electron chi connectivity index (χ1n) is 7.81. The number of rotatable bonds is 5. The number of aromatic nitrogens is 1. The molecule has 0 aliphatic heterocycles. The smallest absolute Gasteiger partial charge is 0.133 e. The van der Waals surface area contributed by atoms with Gasteiger partial charge in [0.05, 0.1) is 12.8 Å². The van der Waals surface area contributed by atoms with Crippen molar-refractivity contribution in [2.45, 2.75) is 45.7 Å². The summed E-state index contributed by atoms with van der Waals surface area (Å²) in [5, 5.41) is 0. The van der Waals surface area contributed by atoms with E-state index in [1.165, 1.54) is 24.1 Å². The molecule has 0 atom stereocenters. The molecule has 0 aromatic carbocycles. The highest BCUT2D eigenvalue weighted by atomic mass is 16.3. The summed E-state index contributed by atoms with van der Waals surface area (Å²) in [6.07, 6.45) is 6.45. The van der Waals surface area contributed by atoms with Crippen molar-refractivity contribution in [1.29, 1.82) is 0 Å². The summed E-state index contributed by atoms with van der Waals surface area (Å²) in [5.41, 5.74) is 9.75. The van der Waals surface area contributed by atoms with Crippen molar-refractivity contribution in [3.8, 4) is 0 Å². The first kappa shape index (κ1) is 14.1. The molecule has 21 heavy (non-hydrogen) atoms. The van der Waals surface area contributed by atoms with Crippen LogP contribution in [0.15, 0.2) is 28.9 Å². The number of aryl methyl sites for hydroxylation is 2. The van der Waals surface area contributed by atoms with Gasteiger partial charge in [0.2, 0.25) is 0 Å². The molecule has 1 aliphatic rings. The molecule has 2 aromatic heterocycles. The lowest BCUT2D eigenvalue weighted by molar-refractivity contribution is 0.502. The Kier molecular flexibility index (Phi) is 4.25. The molecular formula is C17H23N3O. The Hall–Kier alpha value is -1.81. The molecule has 2 heterocycles. The molecule has 4 heteroatoms. The Morgan fingerprint density at radius 2 is 2.19 bits per heavy atom. The summed E-state index contributed by atoms with van der Waals surface area (Å²) in [5.74, 6) is 1.98. The first-order chi connectivity index (χ1) is 10.3. The fourth-order valence-corrected chi connectivity index (χ4v) is 3.02. The number of hydrogen-bond acceptors (Lipinski definition) is 4. The van der Waals surface area contributed by atoms with Crippen molar-refractivity contribution >= 4 is 5.82 Å². The van der Waals surface area contributed by atoms with Gasteiger partial charge in [0.15, 0.2) is 0 Å². The molecule has 3 rings (SSSR count). The summed E-state index contributed by atoms with van der Waals surface area (Å²) in [4.78, 5) is 7.19. The minimum atomic E-state index is 0.532. The second-order valence-electron chi connectivity index (χ2n) is 5.58. The summed E-state index contributed by atoms with van der Waals surface area (Å²) in [6.45, 7) is 4.30. The highest BCUT2D eigenvalue weighted by molar-refractivity contribution is 5.50. The first-order valence-corrected chi connectivity index (χ1v) is 7.81. The predicted molar refractivity (Wildman–Crippen MR) is 84.2 cm³/mol. The van der Waals surface area contributed by atoms with E-state index >= 15 is 0 Å². The van der Waals surface area contributed by atoms with Gasteiger partial charge in [-0.3, -0.25) is 0 Å². The number of hydrogen-bond donors (Lipinski definition) is 1. The number of nitrogens with zero attached hydrogens (tertiary/aromatic N) is 2. The van der Waals surface area contributed by atoms with Crippen LogP contribution in [0, 0.1) is 0 Å². The van der Waals surface area contributed by atoms with Crippen LogP contribution in [-0.4, -0.2) is 11.5 Å². The van der Waals surface area contributed by atoms with Gasteiger partial charge >= 0.3 is 0 Å². The summed E-state index contributed by atoms with van der Waals surface area (Å²) >= 11 is 0. The van der Waals surface area contributed by atoms with E-state index in [0.717, 1.165) is 43.1 Å². The summed E-state index contributed by atoms with van der Waals surface area (Å²) < 4.78 is 5.47. The van der Waals surface area contributed by atoms with Crippen molar-refractivity contribution < 1.29 is 4.42 Å². The molecule has 2 aromatic rings. The number of nitrogens with two attached hydrogens (primary N) is 1. The highest BCUT2D eigenvalue weighted by Gasteiger charge is 2.18. The van der Waals surface area contributed by atoms with Gasteiger partial charge in [-0.05, 0) is 56.4 Å². The third kappa shape index (κ3) is 2.95. The van der Waals surface area contributed by atoms with E-state index in [1.807, 2.05) is 12.1 Å². The molecule has 0 radical (unpaired) electrons. The van der Waals surface area contributed by atoms with Crippen molar-refractivity contribution in [2.75, 3.05) is 11.4 Å². The molecular weight excluding hydrogens is 262 g/mol. The largest absolute Gasteiger partial charge is 0.467 e. The molecule has 0 saturated heterocycles. The minimum absolute atomic E-state index is 0.532. The van der Waals surface area contributed by atoms with Crippen LogP contribution in [-0.2, 0) is 25.9 Å². The van der Waals surface area contributed by atoms with Crippen molar-refractivity contribution in [3.05, 3.63) is 47.0 Å². The van der Waals surface area contributed by atoms with Crippen LogP contribution >= 0.6 is 0 Å². The number of furan rings is 1. The van der Waals surface area contributed by atoms with Crippen LogP contribution in [0.4, 0.5) is 5.82 Å². The maximum atomic E-state index is 5.96. The Labute approximate surface area is 126 Å². The van der Waals surface area contributed by atoms with Crippen LogP contribution in [0.1, 0.15) is 42.3 Å². The Morgan fingerprint density at radius 1 is 1.33 bits per heavy atom. The van der Waals surface area contributed by atoms with Gasteiger partial charge in [0, 0.05) is 24.3 Å². The Morgan fingerprint density at radius 3 is 2.90 bits per heavy atom. The molecule has 4 nitrogen and oxygen atoms in total. The number of pyridine rings is 1. The van der Waals surface area contributed by atoms with Crippen molar-refractivity contribution in [2.24, 2.45) is 5.73 Å². The zero-order valence-corrected chi connectivity index (χ0v) is 12.6. The summed E-state index contributed by atoms with van der Waals surface area (Å²) in [7, 11) is 0. The standard InChI is InChI=1S/C17H23N3O/c1-2-20(12-15-7-5-9-21-15)17-14(11-18)10-13-6-3-4-8-16(13)19-17/h5,7,9-10H,2-4,6,8,11-12,18H2,1H3. The fraction of sp³-hybridized carbons (Fsp3) is 0.471. The fourth-order valence-electron chi connectivity index (χ4n) is 3.02. The lowest BCUT2D eigenvalue weighted by Crippen LogP contribution is -2.26. The quantitative estimate of drug-likeness (QED) is 0.917. The van der Waals surface area contributed by atoms with Crippen LogP contribution in [0.2, 0.25) is 0 Å². The molecule has 1 aliphatic carbocycles. The van der Waals surface area contributed by atoms with Gasteiger partial charge in [0.25, 0.3) is 0 Å². The highest BCUT2D eigenvalue weighted by Crippen LogP contribution is 2.27. The lowest BCUT2D eigenvalue weighted by Gasteiger charge is -2.26. The molecule has 0 fully saturated rings. The molecule has 0 bridgehead atoms. The Balaban J connectivity index is 1.94. The molecule has 2 N–H and O–H groups in total. The minimum Gasteiger partial charge on any atom is -0.467 e. The van der Waals surface area contributed by atoms with Crippen molar-refractivity contribution in [3.63, 3.8) is 0 Å². The number of fused-ring (bicyclic) bond motifs is 1. The topological polar surface area (TPSA) is 55.3 Å². The van der Waals surface area contributed by atoms with E-state index in [9.17, 15) is 0 Å². The molecule has 112 valence electrons. The van der Waals surface area contributed by atoms with Crippen LogP contribution in [0.5, 0.6) is 0 Å². The van der Waals surface area contributed by atoms with E-state index in [2.05, 4.69) is 17.9 Å². The molecule has 0 unspecified atom stereocenters. The lowest BCUT2D eigenvalue weighted by atomic mass is 9.94. The van der Waals surface area contributed by atoms with Crippen molar-refractivity contribution in [1.82, 2.24) is 4.98 Å². The van der Waals surface area contributed by atoms with Gasteiger partial charge in [-0.25, -0.2) is 4.98 Å². The molecule has 0 saturated carbocycles. The normalized spacial score (nSPS) is 14.0. The van der Waals surface area contributed by atoms with E-state index in [4.69, 9.17) is 15.1 Å². The van der Waals surface area contributed by atoms with E-state index in [0.29, 0.717) is 6.54 Å². The second kappa shape index (κ2) is 6.31. The van der Waals surface area contributed by atoms with Gasteiger partial charge in [-0.1, -0.05) is 0 Å². The average molecular weight is 285 g/mol. The molecule has 0 amide bonds. The van der Waals surface area contributed by atoms with Gasteiger partial charge in [0.1, 0.15) is 11.6 Å². The van der Waals surface area contributed by atoms with E-state index < -0.39 is 0 Å². The maximum absolute atomic E-state index is 5.96. The average Bonchev–Trinajstić information content (AvgIpc) is 3.04. The number of anilines is 1. The van der Waals surface area contributed by atoms with Crippen LogP contribution in [0.3, 0.4) is 0 Å². The summed E-state index contributed by atoms with van der Waals surface area (Å²) in [6, 6.07) is 6.19. The third-order valence-electron chi connectivity index (χ3n) is 4.18. The van der Waals surface area contributed by atoms with Gasteiger partial charge < -0.3 is 15.1 Å². The van der Waals surface area contributed by atoms with Gasteiger partial charge in [-0.2, -0.15) is 0 Å². The zero-order chi connectivity index (χ0) is 14.7. The van der Waals surface area contributed by atoms with E-state index in [-0.39, 0.29) is 0 Å². The van der Waals surface area contributed by atoms with E-state index in [1.54, 1.807) is 6.26 Å². The molecule has 0 spiro atoms. The monoisotopic (exact) mass is 285 g/mol. The maximum Gasteiger partial charge on any atom is 0.133 e.